The Hall–Kier alpha value is -1.10. The van der Waals surface area contributed by atoms with Crippen molar-refractivity contribution in [2.45, 2.75) is 10.8 Å². The number of esters is 1. The van der Waals surface area contributed by atoms with Crippen LogP contribution in [0.25, 0.3) is 0 Å². The zero-order valence-electron chi connectivity index (χ0n) is 8.29. The van der Waals surface area contributed by atoms with Crippen molar-refractivity contribution in [1.82, 2.24) is 0 Å². The second-order valence-corrected chi connectivity index (χ2v) is 3.68. The molecule has 1 aromatic carbocycles. The summed E-state index contributed by atoms with van der Waals surface area (Å²) in [5, 5.41) is 0. The molecule has 0 amide bonds. The molecule has 0 saturated carbocycles. The van der Waals surface area contributed by atoms with Gasteiger partial charge in [-0.15, -0.1) is 11.8 Å². The van der Waals surface area contributed by atoms with E-state index in [-0.39, 0.29) is 5.56 Å². The number of methoxy groups -OCH3 is 1. The normalized spacial score (nSPS) is 11.2. The third-order valence-corrected chi connectivity index (χ3v) is 2.60. The van der Waals surface area contributed by atoms with Gasteiger partial charge in [0.05, 0.1) is 7.11 Å². The number of hydrogen-bond acceptors (Lipinski definition) is 3. The van der Waals surface area contributed by atoms with Gasteiger partial charge in [-0.2, -0.15) is 8.78 Å². The van der Waals surface area contributed by atoms with E-state index in [1.807, 2.05) is 0 Å². The number of carbonyl (C=O) groups is 1. The lowest BCUT2D eigenvalue weighted by atomic mass is 10.1. The molecule has 0 saturated heterocycles. The molecular weight excluding hydrogens is 222 g/mol. The summed E-state index contributed by atoms with van der Waals surface area (Å²) in [7, 11) is 0.939. The molecule has 82 valence electrons. The first-order valence-electron chi connectivity index (χ1n) is 4.13. The van der Waals surface area contributed by atoms with Crippen LogP contribution in [-0.2, 0) is 15.5 Å². The van der Waals surface area contributed by atoms with E-state index in [1.165, 1.54) is 30.0 Å². The van der Waals surface area contributed by atoms with Gasteiger partial charge in [0.25, 0.3) is 0 Å². The predicted molar refractivity (Wildman–Crippen MR) is 54.1 cm³/mol. The Bertz CT molecular complexity index is 366. The molecular formula is C10H10F2O2S. The molecule has 1 rings (SSSR count). The maximum absolute atomic E-state index is 13.4. The van der Waals surface area contributed by atoms with Crippen molar-refractivity contribution < 1.29 is 18.3 Å². The average molecular weight is 232 g/mol. The van der Waals surface area contributed by atoms with E-state index in [0.29, 0.717) is 4.90 Å². The summed E-state index contributed by atoms with van der Waals surface area (Å²) in [4.78, 5) is 11.5. The van der Waals surface area contributed by atoms with Gasteiger partial charge in [0.1, 0.15) is 0 Å². The molecule has 0 heterocycles. The Kier molecular flexibility index (Phi) is 3.68. The molecule has 0 unspecified atom stereocenters. The largest absolute Gasteiger partial charge is 0.464 e. The van der Waals surface area contributed by atoms with Crippen molar-refractivity contribution in [2.75, 3.05) is 13.4 Å². The van der Waals surface area contributed by atoms with E-state index in [9.17, 15) is 13.6 Å². The summed E-state index contributed by atoms with van der Waals surface area (Å²) < 4.78 is 30.8. The van der Waals surface area contributed by atoms with Gasteiger partial charge < -0.3 is 4.74 Å². The highest BCUT2D eigenvalue weighted by atomic mass is 32.2. The van der Waals surface area contributed by atoms with Crippen molar-refractivity contribution in [2.24, 2.45) is 0 Å². The molecule has 0 radical (unpaired) electrons. The molecule has 0 aromatic heterocycles. The highest BCUT2D eigenvalue weighted by Crippen LogP contribution is 2.31. The molecule has 0 aliphatic heterocycles. The maximum atomic E-state index is 13.4. The molecule has 5 heteroatoms. The second kappa shape index (κ2) is 4.61. The third-order valence-electron chi connectivity index (χ3n) is 1.87. The van der Waals surface area contributed by atoms with E-state index in [2.05, 4.69) is 4.74 Å². The summed E-state index contributed by atoms with van der Waals surface area (Å²) in [6.45, 7) is 0. The topological polar surface area (TPSA) is 26.3 Å². The van der Waals surface area contributed by atoms with Crippen molar-refractivity contribution in [1.29, 1.82) is 0 Å². The van der Waals surface area contributed by atoms with Gasteiger partial charge in [-0.25, -0.2) is 4.79 Å². The Labute approximate surface area is 90.6 Å². The number of alkyl halides is 2. The fourth-order valence-electron chi connectivity index (χ4n) is 1.06. The van der Waals surface area contributed by atoms with Gasteiger partial charge >= 0.3 is 11.9 Å². The van der Waals surface area contributed by atoms with E-state index in [4.69, 9.17) is 0 Å². The number of ether oxygens (including phenoxy) is 1. The van der Waals surface area contributed by atoms with Gasteiger partial charge in [-0.3, -0.25) is 0 Å². The standard InChI is InChI=1S/C10H10F2O2S/c1-14-9(13)10(11,12)7-4-3-5-8(6-7)15-2/h3-6H,1-2H3. The molecule has 0 N–H and O–H groups in total. The van der Waals surface area contributed by atoms with E-state index >= 15 is 0 Å². The number of hydrogen-bond donors (Lipinski definition) is 0. The fourth-order valence-corrected chi connectivity index (χ4v) is 1.52. The lowest BCUT2D eigenvalue weighted by Gasteiger charge is -2.14. The molecule has 0 aliphatic rings. The first-order valence-corrected chi connectivity index (χ1v) is 5.35. The quantitative estimate of drug-likeness (QED) is 0.592. The predicted octanol–water partition coefficient (Wildman–Crippen LogP) is 2.67. The Morgan fingerprint density at radius 2 is 2.13 bits per heavy atom. The molecule has 0 aliphatic carbocycles. The highest BCUT2D eigenvalue weighted by molar-refractivity contribution is 7.98. The SMILES string of the molecule is COC(=O)C(F)(F)c1cccc(SC)c1. The van der Waals surface area contributed by atoms with Crippen molar-refractivity contribution >= 4 is 17.7 Å². The van der Waals surface area contributed by atoms with Crippen LogP contribution in [0.15, 0.2) is 29.2 Å². The van der Waals surface area contributed by atoms with Crippen molar-refractivity contribution in [3.05, 3.63) is 29.8 Å². The van der Waals surface area contributed by atoms with E-state index in [0.717, 1.165) is 7.11 Å². The minimum absolute atomic E-state index is 0.346. The summed E-state index contributed by atoms with van der Waals surface area (Å²) in [5.74, 6) is -5.12. The smallest absolute Gasteiger partial charge is 0.381 e. The highest BCUT2D eigenvalue weighted by Gasteiger charge is 2.42. The molecule has 1 aromatic rings. The molecule has 2 nitrogen and oxygen atoms in total. The van der Waals surface area contributed by atoms with Crippen LogP contribution in [0.2, 0.25) is 0 Å². The van der Waals surface area contributed by atoms with Crippen molar-refractivity contribution in [3.8, 4) is 0 Å². The van der Waals surface area contributed by atoms with Gasteiger partial charge in [-0.1, -0.05) is 12.1 Å². The van der Waals surface area contributed by atoms with E-state index in [1.54, 1.807) is 12.3 Å². The minimum atomic E-state index is -3.58. The number of thioether (sulfide) groups is 1. The number of rotatable bonds is 3. The lowest BCUT2D eigenvalue weighted by Crippen LogP contribution is -2.27. The van der Waals surface area contributed by atoms with Gasteiger partial charge in [0.2, 0.25) is 0 Å². The summed E-state index contributed by atoms with van der Waals surface area (Å²) in [6.07, 6.45) is 1.77. The van der Waals surface area contributed by atoms with Crippen LogP contribution in [0, 0.1) is 0 Å². The maximum Gasteiger partial charge on any atom is 0.381 e. The monoisotopic (exact) mass is 232 g/mol. The lowest BCUT2D eigenvalue weighted by molar-refractivity contribution is -0.170. The summed E-state index contributed by atoms with van der Waals surface area (Å²) in [5.41, 5.74) is -0.346. The molecule has 0 bridgehead atoms. The molecule has 0 fully saturated rings. The molecule has 0 atom stereocenters. The van der Waals surface area contributed by atoms with Gasteiger partial charge in [0, 0.05) is 10.5 Å². The summed E-state index contributed by atoms with van der Waals surface area (Å²) in [6, 6.07) is 5.66. The van der Waals surface area contributed by atoms with E-state index < -0.39 is 11.9 Å². The Morgan fingerprint density at radius 3 is 2.67 bits per heavy atom. The second-order valence-electron chi connectivity index (χ2n) is 2.80. The van der Waals surface area contributed by atoms with Gasteiger partial charge in [0.15, 0.2) is 0 Å². The van der Waals surface area contributed by atoms with Crippen LogP contribution >= 0.6 is 11.8 Å². The van der Waals surface area contributed by atoms with Crippen molar-refractivity contribution in [3.63, 3.8) is 0 Å². The van der Waals surface area contributed by atoms with Crippen LogP contribution < -0.4 is 0 Å². The van der Waals surface area contributed by atoms with Crippen LogP contribution in [-0.4, -0.2) is 19.3 Å². The summed E-state index contributed by atoms with van der Waals surface area (Å²) >= 11 is 1.33. The van der Waals surface area contributed by atoms with Crippen LogP contribution in [0.1, 0.15) is 5.56 Å². The molecule has 15 heavy (non-hydrogen) atoms. The zero-order valence-corrected chi connectivity index (χ0v) is 9.11. The number of carbonyl (C=O) groups excluding carboxylic acids is 1. The minimum Gasteiger partial charge on any atom is -0.464 e. The first-order chi connectivity index (χ1) is 7.02. The fraction of sp³-hybridized carbons (Fsp3) is 0.300. The number of halogens is 2. The van der Waals surface area contributed by atoms with Gasteiger partial charge in [-0.05, 0) is 18.4 Å². The zero-order chi connectivity index (χ0) is 11.5. The number of benzene rings is 1. The van der Waals surface area contributed by atoms with Crippen LogP contribution in [0.4, 0.5) is 8.78 Å². The Balaban J connectivity index is 3.09. The third kappa shape index (κ3) is 2.47. The first kappa shape index (κ1) is 12.0. The Morgan fingerprint density at radius 1 is 1.47 bits per heavy atom. The van der Waals surface area contributed by atoms with Crippen LogP contribution in [0.3, 0.4) is 0 Å². The average Bonchev–Trinajstić information content (AvgIpc) is 2.27. The molecule has 0 spiro atoms. The van der Waals surface area contributed by atoms with Crippen LogP contribution in [0.5, 0.6) is 0 Å².